The summed E-state index contributed by atoms with van der Waals surface area (Å²) >= 11 is 3.47. The van der Waals surface area contributed by atoms with E-state index in [0.29, 0.717) is 6.04 Å². The van der Waals surface area contributed by atoms with Crippen molar-refractivity contribution in [2.24, 2.45) is 5.92 Å². The maximum Gasteiger partial charge on any atom is 0.407 e. The van der Waals surface area contributed by atoms with Crippen molar-refractivity contribution in [2.75, 3.05) is 5.33 Å². The summed E-state index contributed by atoms with van der Waals surface area (Å²) in [7, 11) is 0. The van der Waals surface area contributed by atoms with Crippen molar-refractivity contribution in [1.82, 2.24) is 5.32 Å². The van der Waals surface area contributed by atoms with Gasteiger partial charge in [-0.3, -0.25) is 0 Å². The monoisotopic (exact) mass is 347 g/mol. The van der Waals surface area contributed by atoms with Gasteiger partial charge in [0.25, 0.3) is 0 Å². The molecule has 1 saturated carbocycles. The van der Waals surface area contributed by atoms with E-state index in [2.05, 4.69) is 21.2 Å². The minimum Gasteiger partial charge on any atom is -0.444 e. The molecule has 0 saturated heterocycles. The lowest BCUT2D eigenvalue weighted by Gasteiger charge is -2.30. The zero-order valence-corrected chi connectivity index (χ0v) is 14.8. The second kappa shape index (κ2) is 8.91. The van der Waals surface area contributed by atoms with E-state index in [-0.39, 0.29) is 6.09 Å². The quantitative estimate of drug-likeness (QED) is 0.540. The Morgan fingerprint density at radius 3 is 2.35 bits per heavy atom. The molecule has 1 fully saturated rings. The Kier molecular flexibility index (Phi) is 7.93. The van der Waals surface area contributed by atoms with Gasteiger partial charge in [-0.05, 0) is 58.8 Å². The van der Waals surface area contributed by atoms with Crippen molar-refractivity contribution in [2.45, 2.75) is 83.8 Å². The summed E-state index contributed by atoms with van der Waals surface area (Å²) < 4.78 is 5.30. The van der Waals surface area contributed by atoms with E-state index < -0.39 is 5.60 Å². The standard InChI is InChI=1S/C16H30BrNO2/c1-16(2,3)20-15(19)18-14-10-8-13(9-11-14)7-5-4-6-12-17/h13-14H,4-12H2,1-3H3,(H,18,19). The summed E-state index contributed by atoms with van der Waals surface area (Å²) in [5.74, 6) is 0.863. The summed E-state index contributed by atoms with van der Waals surface area (Å²) in [6.07, 6.45) is 9.75. The van der Waals surface area contributed by atoms with E-state index in [1.807, 2.05) is 20.8 Å². The molecule has 0 heterocycles. The number of ether oxygens (including phenoxy) is 1. The number of alkyl carbamates (subject to hydrolysis) is 1. The van der Waals surface area contributed by atoms with Gasteiger partial charge in [0, 0.05) is 11.4 Å². The second-order valence-electron chi connectivity index (χ2n) is 6.90. The normalized spacial score (nSPS) is 23.4. The number of unbranched alkanes of at least 4 members (excludes halogenated alkanes) is 2. The number of hydrogen-bond donors (Lipinski definition) is 1. The van der Waals surface area contributed by atoms with Gasteiger partial charge in [-0.15, -0.1) is 0 Å². The van der Waals surface area contributed by atoms with E-state index in [0.717, 1.165) is 24.1 Å². The molecule has 1 amide bonds. The van der Waals surface area contributed by atoms with E-state index in [4.69, 9.17) is 4.74 Å². The predicted molar refractivity (Wildman–Crippen MR) is 87.4 cm³/mol. The van der Waals surface area contributed by atoms with Crippen LogP contribution < -0.4 is 5.32 Å². The van der Waals surface area contributed by atoms with Gasteiger partial charge < -0.3 is 10.1 Å². The summed E-state index contributed by atoms with van der Waals surface area (Å²) in [6, 6.07) is 0.309. The number of amides is 1. The third-order valence-corrected chi connectivity index (χ3v) is 4.37. The van der Waals surface area contributed by atoms with Crippen LogP contribution in [0.2, 0.25) is 0 Å². The maximum atomic E-state index is 11.7. The molecule has 3 nitrogen and oxygen atoms in total. The third-order valence-electron chi connectivity index (χ3n) is 3.81. The summed E-state index contributed by atoms with van der Waals surface area (Å²) in [4.78, 5) is 11.7. The summed E-state index contributed by atoms with van der Waals surface area (Å²) in [5.41, 5.74) is -0.406. The molecule has 0 aromatic rings. The molecule has 0 aromatic heterocycles. The molecule has 1 aliphatic carbocycles. The summed E-state index contributed by atoms with van der Waals surface area (Å²) in [6.45, 7) is 5.70. The lowest BCUT2D eigenvalue weighted by atomic mass is 9.83. The van der Waals surface area contributed by atoms with E-state index in [1.165, 1.54) is 38.5 Å². The second-order valence-corrected chi connectivity index (χ2v) is 7.70. The van der Waals surface area contributed by atoms with Crippen molar-refractivity contribution < 1.29 is 9.53 Å². The minimum absolute atomic E-state index is 0.265. The lowest BCUT2D eigenvalue weighted by Crippen LogP contribution is -2.40. The Hall–Kier alpha value is -0.250. The molecule has 0 spiro atoms. The van der Waals surface area contributed by atoms with Crippen molar-refractivity contribution in [3.05, 3.63) is 0 Å². The molecule has 118 valence electrons. The molecule has 0 unspecified atom stereocenters. The van der Waals surface area contributed by atoms with E-state index in [1.54, 1.807) is 0 Å². The molecule has 1 rings (SSSR count). The molecular weight excluding hydrogens is 318 g/mol. The molecule has 1 aliphatic rings. The van der Waals surface area contributed by atoms with Gasteiger partial charge in [-0.2, -0.15) is 0 Å². The fourth-order valence-electron chi connectivity index (χ4n) is 2.77. The van der Waals surface area contributed by atoms with Gasteiger partial charge >= 0.3 is 6.09 Å². The van der Waals surface area contributed by atoms with E-state index in [9.17, 15) is 4.79 Å². The molecule has 4 heteroatoms. The van der Waals surface area contributed by atoms with Crippen LogP contribution >= 0.6 is 15.9 Å². The number of rotatable bonds is 6. The van der Waals surface area contributed by atoms with Crippen LogP contribution in [0.25, 0.3) is 0 Å². The fraction of sp³-hybridized carbons (Fsp3) is 0.938. The van der Waals surface area contributed by atoms with Crippen LogP contribution in [0.4, 0.5) is 4.79 Å². The number of alkyl halides is 1. The van der Waals surface area contributed by atoms with Gasteiger partial charge in [-0.25, -0.2) is 4.79 Å². The Balaban J connectivity index is 2.14. The van der Waals surface area contributed by atoms with Crippen molar-refractivity contribution in [3.8, 4) is 0 Å². The molecule has 0 atom stereocenters. The largest absolute Gasteiger partial charge is 0.444 e. The zero-order chi connectivity index (χ0) is 15.0. The van der Waals surface area contributed by atoms with Crippen LogP contribution in [0.5, 0.6) is 0 Å². The molecule has 0 aromatic carbocycles. The number of hydrogen-bond acceptors (Lipinski definition) is 2. The van der Waals surface area contributed by atoms with Crippen molar-refractivity contribution in [3.63, 3.8) is 0 Å². The lowest BCUT2D eigenvalue weighted by molar-refractivity contribution is 0.0486. The molecule has 20 heavy (non-hydrogen) atoms. The van der Waals surface area contributed by atoms with E-state index >= 15 is 0 Å². The molecule has 0 aliphatic heterocycles. The van der Waals surface area contributed by atoms with Crippen LogP contribution in [0, 0.1) is 5.92 Å². The van der Waals surface area contributed by atoms with Crippen molar-refractivity contribution in [1.29, 1.82) is 0 Å². The Bertz CT molecular complexity index is 281. The van der Waals surface area contributed by atoms with Crippen molar-refractivity contribution >= 4 is 22.0 Å². The Labute approximate surface area is 132 Å². The molecule has 1 N–H and O–H groups in total. The van der Waals surface area contributed by atoms with Crippen LogP contribution in [0.15, 0.2) is 0 Å². The first-order valence-corrected chi connectivity index (χ1v) is 9.08. The van der Waals surface area contributed by atoms with Gasteiger partial charge in [0.05, 0.1) is 0 Å². The number of carbonyl (C=O) groups excluding carboxylic acids is 1. The van der Waals surface area contributed by atoms with Crippen LogP contribution in [-0.4, -0.2) is 23.1 Å². The van der Waals surface area contributed by atoms with Gasteiger partial charge in [0.1, 0.15) is 5.60 Å². The highest BCUT2D eigenvalue weighted by molar-refractivity contribution is 9.09. The molecule has 0 radical (unpaired) electrons. The first-order valence-electron chi connectivity index (χ1n) is 7.96. The Morgan fingerprint density at radius 2 is 1.80 bits per heavy atom. The topological polar surface area (TPSA) is 38.3 Å². The zero-order valence-electron chi connectivity index (χ0n) is 13.2. The fourth-order valence-corrected chi connectivity index (χ4v) is 3.17. The van der Waals surface area contributed by atoms with Crippen LogP contribution in [-0.2, 0) is 4.74 Å². The molecular formula is C16H30BrNO2. The predicted octanol–water partition coefficient (Wildman–Crippen LogP) is 5.03. The number of carbonyl (C=O) groups is 1. The number of halogens is 1. The van der Waals surface area contributed by atoms with Gasteiger partial charge in [0.2, 0.25) is 0 Å². The van der Waals surface area contributed by atoms with Crippen LogP contribution in [0.3, 0.4) is 0 Å². The minimum atomic E-state index is -0.406. The highest BCUT2D eigenvalue weighted by Crippen LogP contribution is 2.28. The first-order chi connectivity index (χ1) is 9.40. The molecule has 0 bridgehead atoms. The Morgan fingerprint density at radius 1 is 1.15 bits per heavy atom. The summed E-state index contributed by atoms with van der Waals surface area (Å²) in [5, 5.41) is 4.13. The highest BCUT2D eigenvalue weighted by atomic mass is 79.9. The van der Waals surface area contributed by atoms with Gasteiger partial charge in [-0.1, -0.05) is 35.2 Å². The van der Waals surface area contributed by atoms with Gasteiger partial charge in [0.15, 0.2) is 0 Å². The SMILES string of the molecule is CC(C)(C)OC(=O)NC1CCC(CCCCCBr)CC1. The highest BCUT2D eigenvalue weighted by Gasteiger charge is 2.24. The average molecular weight is 348 g/mol. The van der Waals surface area contributed by atoms with Crippen LogP contribution in [0.1, 0.15) is 72.1 Å². The average Bonchev–Trinajstić information content (AvgIpc) is 2.34. The third kappa shape index (κ3) is 8.13. The first kappa shape index (κ1) is 17.8. The maximum absolute atomic E-state index is 11.7. The number of nitrogens with one attached hydrogen (secondary N) is 1. The smallest absolute Gasteiger partial charge is 0.407 e.